The van der Waals surface area contributed by atoms with Crippen molar-refractivity contribution in [3.05, 3.63) is 29.8 Å². The molecule has 4 aliphatic heterocycles. The lowest BCUT2D eigenvalue weighted by atomic mass is 9.78. The summed E-state index contributed by atoms with van der Waals surface area (Å²) in [7, 11) is 1.42. The number of anilines is 1. The number of rotatable bonds is 2. The Morgan fingerprint density at radius 3 is 2.72 bits per heavy atom. The maximum absolute atomic E-state index is 13.7. The summed E-state index contributed by atoms with van der Waals surface area (Å²) in [4.78, 5) is 43.2. The largest absolute Gasteiger partial charge is 0.469 e. The van der Waals surface area contributed by atoms with Crippen molar-refractivity contribution in [3.8, 4) is 0 Å². The van der Waals surface area contributed by atoms with Crippen molar-refractivity contribution in [3.63, 3.8) is 0 Å². The zero-order chi connectivity index (χ0) is 19.9. The summed E-state index contributed by atoms with van der Waals surface area (Å²) in [5, 5.41) is 3.05. The molecule has 0 bridgehead atoms. The molecule has 1 unspecified atom stereocenters. The molecular formula is C22H25N3O4. The molecule has 1 aromatic rings. The fourth-order valence-corrected chi connectivity index (χ4v) is 6.78. The summed E-state index contributed by atoms with van der Waals surface area (Å²) in [6.07, 6.45) is 2.83. The van der Waals surface area contributed by atoms with Gasteiger partial charge >= 0.3 is 5.97 Å². The highest BCUT2D eigenvalue weighted by Crippen LogP contribution is 2.57. The third kappa shape index (κ3) is 2.09. The Bertz CT molecular complexity index is 920. The Morgan fingerprint density at radius 2 is 1.97 bits per heavy atom. The zero-order valence-corrected chi connectivity index (χ0v) is 16.5. The number of amides is 2. The van der Waals surface area contributed by atoms with Gasteiger partial charge in [-0.2, -0.15) is 0 Å². The van der Waals surface area contributed by atoms with Crippen LogP contribution in [0.5, 0.6) is 0 Å². The minimum absolute atomic E-state index is 0.0553. The summed E-state index contributed by atoms with van der Waals surface area (Å²) in [5.74, 6) is -0.137. The molecule has 2 amide bonds. The maximum Gasteiger partial charge on any atom is 0.309 e. The Morgan fingerprint density at radius 1 is 1.21 bits per heavy atom. The van der Waals surface area contributed by atoms with Crippen LogP contribution < -0.4 is 5.32 Å². The van der Waals surface area contributed by atoms with Crippen LogP contribution in [0.2, 0.25) is 0 Å². The Hall–Kier alpha value is -2.41. The molecule has 0 radical (unpaired) electrons. The number of nitrogens with zero attached hydrogens (tertiary/aromatic N) is 2. The molecule has 1 aliphatic carbocycles. The van der Waals surface area contributed by atoms with Gasteiger partial charge in [0, 0.05) is 30.4 Å². The van der Waals surface area contributed by atoms with Crippen LogP contribution in [0, 0.1) is 23.7 Å². The third-order valence-electron chi connectivity index (χ3n) is 8.05. The molecule has 1 aromatic carbocycles. The first-order valence-corrected chi connectivity index (χ1v) is 10.6. The minimum Gasteiger partial charge on any atom is -0.469 e. The molecule has 6 atom stereocenters. The number of esters is 1. The normalized spacial score (nSPS) is 39.3. The lowest BCUT2D eigenvalue weighted by Crippen LogP contribution is -2.55. The molecule has 7 nitrogen and oxygen atoms in total. The van der Waals surface area contributed by atoms with E-state index in [4.69, 9.17) is 4.74 Å². The first kappa shape index (κ1) is 17.4. The van der Waals surface area contributed by atoms with E-state index in [-0.39, 0.29) is 47.5 Å². The van der Waals surface area contributed by atoms with Gasteiger partial charge in [0.2, 0.25) is 11.8 Å². The number of benzene rings is 1. The monoisotopic (exact) mass is 395 g/mol. The van der Waals surface area contributed by atoms with Crippen molar-refractivity contribution in [2.45, 2.75) is 30.8 Å². The van der Waals surface area contributed by atoms with Crippen LogP contribution >= 0.6 is 0 Å². The van der Waals surface area contributed by atoms with Crippen LogP contribution in [0.25, 0.3) is 0 Å². The van der Waals surface area contributed by atoms with Gasteiger partial charge in [-0.15, -0.1) is 0 Å². The number of likely N-dealkylation sites (tertiary alicyclic amines) is 1. The van der Waals surface area contributed by atoms with Crippen LogP contribution in [0.4, 0.5) is 5.69 Å². The van der Waals surface area contributed by atoms with Crippen molar-refractivity contribution < 1.29 is 19.1 Å². The average Bonchev–Trinajstić information content (AvgIpc) is 3.19. The first-order chi connectivity index (χ1) is 14.1. The lowest BCUT2D eigenvalue weighted by Gasteiger charge is -2.38. The van der Waals surface area contributed by atoms with Gasteiger partial charge in [0.15, 0.2) is 0 Å². The van der Waals surface area contributed by atoms with E-state index in [1.54, 1.807) is 0 Å². The van der Waals surface area contributed by atoms with Crippen molar-refractivity contribution in [1.82, 2.24) is 9.80 Å². The van der Waals surface area contributed by atoms with Gasteiger partial charge in [-0.05, 0) is 43.7 Å². The molecule has 29 heavy (non-hydrogen) atoms. The van der Waals surface area contributed by atoms with Crippen LogP contribution in [0.3, 0.4) is 0 Å². The summed E-state index contributed by atoms with van der Waals surface area (Å²) >= 11 is 0. The number of carbonyl (C=O) groups excluding carboxylic acids is 3. The molecule has 1 saturated carbocycles. The van der Waals surface area contributed by atoms with Gasteiger partial charge in [0.05, 0.1) is 18.9 Å². The number of fused-ring (bicyclic) bond motifs is 5. The van der Waals surface area contributed by atoms with E-state index in [0.717, 1.165) is 37.1 Å². The lowest BCUT2D eigenvalue weighted by molar-refractivity contribution is -0.146. The number of methoxy groups -OCH3 is 1. The Balaban J connectivity index is 1.33. The first-order valence-electron chi connectivity index (χ1n) is 10.6. The van der Waals surface area contributed by atoms with Crippen molar-refractivity contribution >= 4 is 23.5 Å². The predicted molar refractivity (Wildman–Crippen MR) is 104 cm³/mol. The summed E-state index contributed by atoms with van der Waals surface area (Å²) in [6.45, 7) is 2.05. The van der Waals surface area contributed by atoms with E-state index in [2.05, 4.69) is 10.2 Å². The zero-order valence-electron chi connectivity index (χ0n) is 16.5. The predicted octanol–water partition coefficient (Wildman–Crippen LogP) is 1.20. The number of para-hydroxylation sites is 1. The molecule has 4 fully saturated rings. The van der Waals surface area contributed by atoms with Gasteiger partial charge in [0.1, 0.15) is 5.54 Å². The van der Waals surface area contributed by atoms with Crippen LogP contribution in [-0.2, 0) is 24.7 Å². The molecule has 1 spiro atoms. The molecule has 6 rings (SSSR count). The minimum atomic E-state index is -0.886. The highest BCUT2D eigenvalue weighted by Gasteiger charge is 2.67. The SMILES string of the molecule is COC(=O)C1[C@H]2CN(C(=O)[C@@H]3C[C@H]4CCCN4[C@]34C(=O)Nc3ccccc34)C[C@@H]12. The Labute approximate surface area is 169 Å². The number of hydrogen-bond donors (Lipinski definition) is 1. The molecule has 3 saturated heterocycles. The third-order valence-corrected chi connectivity index (χ3v) is 8.05. The number of piperidine rings is 1. The number of hydrogen-bond acceptors (Lipinski definition) is 5. The second kappa shape index (κ2) is 5.81. The molecular weight excluding hydrogens is 370 g/mol. The van der Waals surface area contributed by atoms with E-state index in [1.165, 1.54) is 7.11 Å². The molecule has 5 aliphatic rings. The highest BCUT2D eigenvalue weighted by molar-refractivity contribution is 6.09. The molecule has 1 N–H and O–H groups in total. The van der Waals surface area contributed by atoms with Gasteiger partial charge in [-0.1, -0.05) is 18.2 Å². The standard InChI is InChI=1S/C22H25N3O4/c1-29-20(27)18-13-10-24(11-14(13)18)19(26)16-9-12-5-4-8-25(12)22(16)15-6-2-3-7-17(15)23-21(22)28/h2-3,6-7,12-14,16,18H,4-5,8-11H2,1H3,(H,23,28)/t12-,13-,14+,16+,18?,22+/m1/s1. The molecule has 0 aromatic heterocycles. The second-order valence-electron chi connectivity index (χ2n) is 9.16. The van der Waals surface area contributed by atoms with E-state index >= 15 is 0 Å². The number of carbonyl (C=O) groups is 3. The van der Waals surface area contributed by atoms with E-state index < -0.39 is 5.54 Å². The van der Waals surface area contributed by atoms with Crippen molar-refractivity contribution in [1.29, 1.82) is 0 Å². The summed E-state index contributed by atoms with van der Waals surface area (Å²) in [6, 6.07) is 8.09. The highest BCUT2D eigenvalue weighted by atomic mass is 16.5. The van der Waals surface area contributed by atoms with E-state index in [0.29, 0.717) is 13.1 Å². The second-order valence-corrected chi connectivity index (χ2v) is 9.16. The van der Waals surface area contributed by atoms with Crippen molar-refractivity contribution in [2.75, 3.05) is 32.1 Å². The van der Waals surface area contributed by atoms with Gasteiger partial charge in [-0.25, -0.2) is 0 Å². The molecule has 152 valence electrons. The van der Waals surface area contributed by atoms with Gasteiger partial charge in [-0.3, -0.25) is 19.3 Å². The average molecular weight is 395 g/mol. The quantitative estimate of drug-likeness (QED) is 0.762. The van der Waals surface area contributed by atoms with E-state index in [9.17, 15) is 14.4 Å². The van der Waals surface area contributed by atoms with Gasteiger partial charge in [0.25, 0.3) is 0 Å². The fourth-order valence-electron chi connectivity index (χ4n) is 6.78. The molecule has 4 heterocycles. The summed E-state index contributed by atoms with van der Waals surface area (Å²) in [5.41, 5.74) is 0.894. The number of nitrogens with one attached hydrogen (secondary N) is 1. The van der Waals surface area contributed by atoms with E-state index in [1.807, 2.05) is 29.2 Å². The summed E-state index contributed by atoms with van der Waals surface area (Å²) < 4.78 is 4.88. The van der Waals surface area contributed by atoms with Crippen LogP contribution in [0.15, 0.2) is 24.3 Å². The fraction of sp³-hybridized carbons (Fsp3) is 0.591. The van der Waals surface area contributed by atoms with Gasteiger partial charge < -0.3 is 15.0 Å². The smallest absolute Gasteiger partial charge is 0.309 e. The maximum atomic E-state index is 13.7. The van der Waals surface area contributed by atoms with Crippen molar-refractivity contribution in [2.24, 2.45) is 23.7 Å². The van der Waals surface area contributed by atoms with Crippen LogP contribution in [-0.4, -0.2) is 60.4 Å². The topological polar surface area (TPSA) is 79.0 Å². The number of ether oxygens (including phenoxy) is 1. The van der Waals surface area contributed by atoms with Crippen LogP contribution in [0.1, 0.15) is 24.8 Å². The Kier molecular flexibility index (Phi) is 3.50. The molecule has 7 heteroatoms.